The molecule has 0 fully saturated rings. The summed E-state index contributed by atoms with van der Waals surface area (Å²) in [5, 5.41) is 3.38. The number of hydrogen-bond donors (Lipinski definition) is 1. The maximum absolute atomic E-state index is 3.38. The highest BCUT2D eigenvalue weighted by Crippen LogP contribution is 2.19. The quantitative estimate of drug-likeness (QED) is 0.794. The van der Waals surface area contributed by atoms with E-state index in [-0.39, 0.29) is 0 Å². The molecule has 2 heteroatoms. The lowest BCUT2D eigenvalue weighted by molar-refractivity contribution is 0.661. The summed E-state index contributed by atoms with van der Waals surface area (Å²) in [5.74, 6) is 2.34. The van der Waals surface area contributed by atoms with Gasteiger partial charge in [0.2, 0.25) is 0 Å². The number of nitrogens with one attached hydrogen (secondary N) is 1. The second-order valence-corrected chi connectivity index (χ2v) is 4.92. The van der Waals surface area contributed by atoms with Gasteiger partial charge in [-0.2, -0.15) is 11.8 Å². The molecule has 0 spiro atoms. The van der Waals surface area contributed by atoms with Crippen LogP contribution >= 0.6 is 11.8 Å². The average Bonchev–Trinajstić information content (AvgIpc) is 2.30. The van der Waals surface area contributed by atoms with Crippen LogP contribution in [0.25, 0.3) is 0 Å². The van der Waals surface area contributed by atoms with E-state index in [1.807, 2.05) is 18.8 Å². The van der Waals surface area contributed by atoms with Crippen molar-refractivity contribution in [3.63, 3.8) is 0 Å². The van der Waals surface area contributed by atoms with Crippen LogP contribution in [-0.2, 0) is 6.42 Å². The van der Waals surface area contributed by atoms with E-state index in [2.05, 4.69) is 43.4 Å². The maximum atomic E-state index is 3.38. The Labute approximate surface area is 97.7 Å². The zero-order valence-electron chi connectivity index (χ0n) is 9.92. The van der Waals surface area contributed by atoms with Crippen LogP contribution in [0.15, 0.2) is 24.3 Å². The van der Waals surface area contributed by atoms with Crippen LogP contribution in [0.1, 0.15) is 31.0 Å². The Bertz CT molecular complexity index is 286. The average molecular weight is 223 g/mol. The Balaban J connectivity index is 2.72. The fourth-order valence-electron chi connectivity index (χ4n) is 1.61. The minimum absolute atomic E-state index is 0.487. The van der Waals surface area contributed by atoms with E-state index in [1.165, 1.54) is 16.9 Å². The lowest BCUT2D eigenvalue weighted by atomic mass is 10.0. The molecule has 1 aromatic carbocycles. The third-order valence-corrected chi connectivity index (χ3v) is 3.58. The van der Waals surface area contributed by atoms with Gasteiger partial charge >= 0.3 is 0 Å². The number of rotatable bonds is 6. The lowest BCUT2D eigenvalue weighted by Gasteiger charge is -2.16. The van der Waals surface area contributed by atoms with Gasteiger partial charge in [0.05, 0.1) is 0 Å². The highest BCUT2D eigenvalue weighted by Gasteiger charge is 2.08. The van der Waals surface area contributed by atoms with Crippen LogP contribution < -0.4 is 5.32 Å². The Morgan fingerprint density at radius 2 is 2.13 bits per heavy atom. The summed E-state index contributed by atoms with van der Waals surface area (Å²) in [6, 6.07) is 9.38. The normalized spacial score (nSPS) is 12.7. The molecule has 0 amide bonds. The lowest BCUT2D eigenvalue weighted by Crippen LogP contribution is -2.18. The fourth-order valence-corrected chi connectivity index (χ4v) is 2.44. The number of aryl methyl sites for hydroxylation is 1. The van der Waals surface area contributed by atoms with Crippen molar-refractivity contribution in [3.8, 4) is 0 Å². The summed E-state index contributed by atoms with van der Waals surface area (Å²) in [6.45, 7) is 4.41. The molecule has 1 atom stereocenters. The van der Waals surface area contributed by atoms with E-state index >= 15 is 0 Å². The maximum Gasteiger partial charge on any atom is 0.0409 e. The molecule has 0 saturated heterocycles. The number of benzene rings is 1. The van der Waals surface area contributed by atoms with Gasteiger partial charge in [0.1, 0.15) is 0 Å². The monoisotopic (exact) mass is 223 g/mol. The first-order chi connectivity index (χ1) is 7.31. The molecule has 0 bridgehead atoms. The minimum Gasteiger partial charge on any atom is -0.312 e. The first-order valence-electron chi connectivity index (χ1n) is 5.65. The van der Waals surface area contributed by atoms with Gasteiger partial charge in [-0.15, -0.1) is 0 Å². The van der Waals surface area contributed by atoms with E-state index < -0.39 is 0 Å². The van der Waals surface area contributed by atoms with E-state index in [0.29, 0.717) is 6.04 Å². The van der Waals surface area contributed by atoms with Crippen molar-refractivity contribution < 1.29 is 0 Å². The molecule has 0 radical (unpaired) electrons. The minimum atomic E-state index is 0.487. The van der Waals surface area contributed by atoms with Gasteiger partial charge in [-0.05, 0) is 30.3 Å². The van der Waals surface area contributed by atoms with Crippen molar-refractivity contribution in [3.05, 3.63) is 35.4 Å². The Morgan fingerprint density at radius 3 is 2.73 bits per heavy atom. The Hall–Kier alpha value is -0.470. The van der Waals surface area contributed by atoms with Gasteiger partial charge in [-0.25, -0.2) is 0 Å². The molecule has 0 aliphatic rings. The van der Waals surface area contributed by atoms with Gasteiger partial charge in [0.25, 0.3) is 0 Å². The molecule has 1 N–H and O–H groups in total. The summed E-state index contributed by atoms with van der Waals surface area (Å²) in [6.07, 6.45) is 1.12. The molecule has 0 aliphatic carbocycles. The highest BCUT2D eigenvalue weighted by atomic mass is 32.2. The van der Waals surface area contributed by atoms with Crippen molar-refractivity contribution in [1.29, 1.82) is 0 Å². The van der Waals surface area contributed by atoms with E-state index in [1.54, 1.807) is 0 Å². The molecular formula is C13H21NS. The first-order valence-corrected chi connectivity index (χ1v) is 6.81. The predicted molar refractivity (Wildman–Crippen MR) is 70.6 cm³/mol. The van der Waals surface area contributed by atoms with Crippen molar-refractivity contribution in [2.24, 2.45) is 0 Å². The summed E-state index contributed by atoms with van der Waals surface area (Å²) in [7, 11) is 2.04. The van der Waals surface area contributed by atoms with Crippen molar-refractivity contribution in [2.75, 3.05) is 18.6 Å². The van der Waals surface area contributed by atoms with Crippen LogP contribution in [0.3, 0.4) is 0 Å². The molecule has 0 saturated carbocycles. The van der Waals surface area contributed by atoms with E-state index in [4.69, 9.17) is 0 Å². The molecule has 0 aliphatic heterocycles. The predicted octanol–water partition coefficient (Wildman–Crippen LogP) is 3.26. The molecular weight excluding hydrogens is 202 g/mol. The zero-order chi connectivity index (χ0) is 11.1. The van der Waals surface area contributed by atoms with Gasteiger partial charge < -0.3 is 5.32 Å². The fraction of sp³-hybridized carbons (Fsp3) is 0.538. The smallest absolute Gasteiger partial charge is 0.0409 e. The number of hydrogen-bond acceptors (Lipinski definition) is 2. The van der Waals surface area contributed by atoms with E-state index in [9.17, 15) is 0 Å². The molecule has 1 aromatic rings. The van der Waals surface area contributed by atoms with Gasteiger partial charge in [-0.3, -0.25) is 0 Å². The Morgan fingerprint density at radius 1 is 1.33 bits per heavy atom. The van der Waals surface area contributed by atoms with Crippen LogP contribution in [0.4, 0.5) is 0 Å². The number of thioether (sulfide) groups is 1. The highest BCUT2D eigenvalue weighted by molar-refractivity contribution is 7.99. The summed E-state index contributed by atoms with van der Waals surface area (Å²) in [4.78, 5) is 0. The SMILES string of the molecule is CCSCC(NC)c1cccc(CC)c1. The third kappa shape index (κ3) is 3.88. The van der Waals surface area contributed by atoms with Gasteiger partial charge in [-0.1, -0.05) is 38.1 Å². The molecule has 0 heterocycles. The van der Waals surface area contributed by atoms with Crippen molar-refractivity contribution in [2.45, 2.75) is 26.3 Å². The summed E-state index contributed by atoms with van der Waals surface area (Å²) in [5.41, 5.74) is 2.84. The molecule has 1 rings (SSSR count). The summed E-state index contributed by atoms with van der Waals surface area (Å²) < 4.78 is 0. The van der Waals surface area contributed by atoms with Crippen molar-refractivity contribution in [1.82, 2.24) is 5.32 Å². The molecule has 0 aromatic heterocycles. The van der Waals surface area contributed by atoms with Crippen LogP contribution in [-0.4, -0.2) is 18.6 Å². The second kappa shape index (κ2) is 6.91. The molecule has 15 heavy (non-hydrogen) atoms. The van der Waals surface area contributed by atoms with Crippen LogP contribution in [0.2, 0.25) is 0 Å². The van der Waals surface area contributed by atoms with Crippen molar-refractivity contribution >= 4 is 11.8 Å². The molecule has 84 valence electrons. The standard InChI is InChI=1S/C13H21NS/c1-4-11-7-6-8-12(9-11)13(14-3)10-15-5-2/h6-9,13-14H,4-5,10H2,1-3H3. The summed E-state index contributed by atoms with van der Waals surface area (Å²) >= 11 is 1.99. The molecule has 1 unspecified atom stereocenters. The first kappa shape index (κ1) is 12.6. The second-order valence-electron chi connectivity index (χ2n) is 3.60. The van der Waals surface area contributed by atoms with Crippen LogP contribution in [0, 0.1) is 0 Å². The van der Waals surface area contributed by atoms with E-state index in [0.717, 1.165) is 12.2 Å². The zero-order valence-corrected chi connectivity index (χ0v) is 10.7. The van der Waals surface area contributed by atoms with Crippen LogP contribution in [0.5, 0.6) is 0 Å². The topological polar surface area (TPSA) is 12.0 Å². The molecule has 1 nitrogen and oxygen atoms in total. The van der Waals surface area contributed by atoms with Gasteiger partial charge in [0, 0.05) is 11.8 Å². The third-order valence-electron chi connectivity index (χ3n) is 2.60. The van der Waals surface area contributed by atoms with Gasteiger partial charge in [0.15, 0.2) is 0 Å². The largest absolute Gasteiger partial charge is 0.312 e. The Kier molecular flexibility index (Phi) is 5.81.